The molecule has 5 nitrogen and oxygen atoms in total. The fourth-order valence-corrected chi connectivity index (χ4v) is 2.93. The molecule has 3 aromatic carbocycles. The Morgan fingerprint density at radius 3 is 2.64 bits per heavy atom. The van der Waals surface area contributed by atoms with Crippen molar-refractivity contribution in [3.8, 4) is 11.5 Å². The summed E-state index contributed by atoms with van der Waals surface area (Å²) in [7, 11) is 1.59. The van der Waals surface area contributed by atoms with E-state index in [-0.39, 0.29) is 5.91 Å². The number of halogens is 1. The number of carbonyl (C=O) groups excluding carboxylic acids is 1. The zero-order valence-electron chi connectivity index (χ0n) is 15.3. The summed E-state index contributed by atoms with van der Waals surface area (Å²) in [4.78, 5) is 12.1. The van der Waals surface area contributed by atoms with Crippen LogP contribution in [0.25, 0.3) is 0 Å². The number of nitrogens with one attached hydrogen (secondary N) is 1. The highest BCUT2D eigenvalue weighted by atomic mass is 79.9. The number of rotatable bonds is 7. The van der Waals surface area contributed by atoms with Crippen molar-refractivity contribution in [2.24, 2.45) is 5.10 Å². The minimum Gasteiger partial charge on any atom is -0.497 e. The Kier molecular flexibility index (Phi) is 6.81. The summed E-state index contributed by atoms with van der Waals surface area (Å²) in [6.07, 6.45) is 1.54. The molecule has 0 saturated carbocycles. The lowest BCUT2D eigenvalue weighted by Gasteiger charge is -2.11. The van der Waals surface area contributed by atoms with Crippen molar-refractivity contribution in [3.63, 3.8) is 0 Å². The lowest BCUT2D eigenvalue weighted by Crippen LogP contribution is -2.17. The molecule has 0 bridgehead atoms. The molecule has 0 saturated heterocycles. The van der Waals surface area contributed by atoms with Crippen LogP contribution in [0.3, 0.4) is 0 Å². The summed E-state index contributed by atoms with van der Waals surface area (Å²) in [5.41, 5.74) is 4.79. The molecule has 3 rings (SSSR count). The van der Waals surface area contributed by atoms with Gasteiger partial charge in [-0.15, -0.1) is 0 Å². The quantitative estimate of drug-likeness (QED) is 0.425. The van der Waals surface area contributed by atoms with Crippen molar-refractivity contribution in [1.82, 2.24) is 5.43 Å². The Morgan fingerprint density at radius 1 is 1.07 bits per heavy atom. The molecule has 0 aliphatic rings. The van der Waals surface area contributed by atoms with E-state index in [1.807, 2.05) is 42.5 Å². The molecule has 0 aromatic heterocycles. The van der Waals surface area contributed by atoms with Gasteiger partial charge >= 0.3 is 0 Å². The van der Waals surface area contributed by atoms with Crippen molar-refractivity contribution >= 4 is 28.1 Å². The van der Waals surface area contributed by atoms with Crippen molar-refractivity contribution in [1.29, 1.82) is 0 Å². The Bertz CT molecular complexity index is 975. The van der Waals surface area contributed by atoms with Crippen LogP contribution in [0, 0.1) is 0 Å². The van der Waals surface area contributed by atoms with Gasteiger partial charge in [-0.25, -0.2) is 5.43 Å². The van der Waals surface area contributed by atoms with Gasteiger partial charge < -0.3 is 9.47 Å². The lowest BCUT2D eigenvalue weighted by atomic mass is 10.2. The van der Waals surface area contributed by atoms with Gasteiger partial charge in [0.15, 0.2) is 0 Å². The first kappa shape index (κ1) is 19.6. The number of nitrogens with zero attached hydrogens (tertiary/aromatic N) is 1. The van der Waals surface area contributed by atoms with E-state index in [4.69, 9.17) is 9.47 Å². The van der Waals surface area contributed by atoms with Crippen LogP contribution in [0.4, 0.5) is 0 Å². The predicted molar refractivity (Wildman–Crippen MR) is 113 cm³/mol. The Hall–Kier alpha value is -3.12. The molecule has 0 aliphatic heterocycles. The summed E-state index contributed by atoms with van der Waals surface area (Å²) < 4.78 is 12.2. The van der Waals surface area contributed by atoms with Crippen LogP contribution in [-0.4, -0.2) is 19.2 Å². The Morgan fingerprint density at radius 2 is 1.89 bits per heavy atom. The maximum Gasteiger partial charge on any atom is 0.271 e. The van der Waals surface area contributed by atoms with Gasteiger partial charge in [-0.05, 0) is 48.0 Å². The molecular weight excluding hydrogens is 420 g/mol. The second-order valence-corrected chi connectivity index (χ2v) is 6.80. The van der Waals surface area contributed by atoms with Crippen LogP contribution < -0.4 is 14.9 Å². The van der Waals surface area contributed by atoms with Gasteiger partial charge in [-0.1, -0.05) is 46.3 Å². The van der Waals surface area contributed by atoms with Gasteiger partial charge in [0, 0.05) is 15.6 Å². The molecular formula is C22H19BrN2O3. The fourth-order valence-electron chi connectivity index (χ4n) is 2.49. The minimum absolute atomic E-state index is 0.281. The normalized spacial score (nSPS) is 10.6. The average molecular weight is 439 g/mol. The fraction of sp³-hybridized carbons (Fsp3) is 0.0909. The Labute approximate surface area is 172 Å². The molecule has 0 heterocycles. The summed E-state index contributed by atoms with van der Waals surface area (Å²) >= 11 is 3.46. The van der Waals surface area contributed by atoms with Gasteiger partial charge in [0.25, 0.3) is 5.91 Å². The topological polar surface area (TPSA) is 59.9 Å². The van der Waals surface area contributed by atoms with E-state index in [9.17, 15) is 4.79 Å². The molecule has 0 fully saturated rings. The van der Waals surface area contributed by atoms with Gasteiger partial charge in [-0.2, -0.15) is 5.10 Å². The van der Waals surface area contributed by atoms with E-state index in [0.717, 1.165) is 10.0 Å². The molecule has 0 atom stereocenters. The third kappa shape index (κ3) is 5.44. The molecule has 1 N–H and O–H groups in total. The van der Waals surface area contributed by atoms with Crippen molar-refractivity contribution in [2.75, 3.05) is 7.11 Å². The van der Waals surface area contributed by atoms with E-state index in [2.05, 4.69) is 26.5 Å². The number of hydrogen-bond acceptors (Lipinski definition) is 4. The third-order valence-corrected chi connectivity index (χ3v) is 4.40. The van der Waals surface area contributed by atoms with Crippen molar-refractivity contribution < 1.29 is 14.3 Å². The highest BCUT2D eigenvalue weighted by Gasteiger charge is 2.06. The van der Waals surface area contributed by atoms with E-state index < -0.39 is 0 Å². The first-order valence-corrected chi connectivity index (χ1v) is 9.39. The molecule has 0 unspecified atom stereocenters. The lowest BCUT2D eigenvalue weighted by molar-refractivity contribution is 0.0955. The maximum absolute atomic E-state index is 12.1. The van der Waals surface area contributed by atoms with Crippen LogP contribution in [-0.2, 0) is 6.61 Å². The largest absolute Gasteiger partial charge is 0.497 e. The van der Waals surface area contributed by atoms with Crippen LogP contribution in [0.1, 0.15) is 21.5 Å². The number of hydrogen-bond donors (Lipinski definition) is 1. The molecule has 6 heteroatoms. The summed E-state index contributed by atoms with van der Waals surface area (Å²) in [6, 6.07) is 22.2. The summed E-state index contributed by atoms with van der Waals surface area (Å²) in [5.74, 6) is 1.03. The van der Waals surface area contributed by atoms with E-state index in [1.54, 1.807) is 43.7 Å². The average Bonchev–Trinajstić information content (AvgIpc) is 2.73. The molecule has 1 amide bonds. The van der Waals surface area contributed by atoms with Gasteiger partial charge in [-0.3, -0.25) is 4.79 Å². The predicted octanol–water partition coefficient (Wildman–Crippen LogP) is 4.80. The minimum atomic E-state index is -0.281. The molecule has 0 radical (unpaired) electrons. The number of methoxy groups -OCH3 is 1. The van der Waals surface area contributed by atoms with E-state index in [1.165, 1.54) is 0 Å². The van der Waals surface area contributed by atoms with E-state index >= 15 is 0 Å². The smallest absolute Gasteiger partial charge is 0.271 e. The monoisotopic (exact) mass is 438 g/mol. The second kappa shape index (κ2) is 9.71. The summed E-state index contributed by atoms with van der Waals surface area (Å²) in [5, 5.41) is 4.06. The van der Waals surface area contributed by atoms with Crippen LogP contribution >= 0.6 is 15.9 Å². The first-order valence-electron chi connectivity index (χ1n) is 8.59. The number of benzene rings is 3. The van der Waals surface area contributed by atoms with Crippen LogP contribution in [0.2, 0.25) is 0 Å². The zero-order chi connectivity index (χ0) is 19.8. The highest BCUT2D eigenvalue weighted by Crippen LogP contribution is 2.24. The summed E-state index contributed by atoms with van der Waals surface area (Å²) in [6.45, 7) is 0.406. The molecule has 0 aliphatic carbocycles. The zero-order valence-corrected chi connectivity index (χ0v) is 16.8. The second-order valence-electron chi connectivity index (χ2n) is 5.89. The number of hydrazone groups is 1. The SMILES string of the molecule is COc1ccc(OCc2cccc(Br)c2)c(C=NNC(=O)c2ccccc2)c1. The highest BCUT2D eigenvalue weighted by molar-refractivity contribution is 9.10. The first-order chi connectivity index (χ1) is 13.7. The third-order valence-electron chi connectivity index (χ3n) is 3.91. The number of amides is 1. The molecule has 28 heavy (non-hydrogen) atoms. The van der Waals surface area contributed by atoms with Gasteiger partial charge in [0.1, 0.15) is 18.1 Å². The molecule has 0 spiro atoms. The van der Waals surface area contributed by atoms with E-state index in [0.29, 0.717) is 29.2 Å². The number of ether oxygens (including phenoxy) is 2. The maximum atomic E-state index is 12.1. The van der Waals surface area contributed by atoms with Crippen LogP contribution in [0.5, 0.6) is 11.5 Å². The number of carbonyl (C=O) groups is 1. The van der Waals surface area contributed by atoms with Crippen molar-refractivity contribution in [2.45, 2.75) is 6.61 Å². The molecule has 3 aromatic rings. The van der Waals surface area contributed by atoms with Crippen molar-refractivity contribution in [3.05, 3.63) is 94.0 Å². The van der Waals surface area contributed by atoms with Gasteiger partial charge in [0.2, 0.25) is 0 Å². The Balaban J connectivity index is 1.72. The van der Waals surface area contributed by atoms with Gasteiger partial charge in [0.05, 0.1) is 13.3 Å². The molecule has 142 valence electrons. The standard InChI is InChI=1S/C22H19BrN2O3/c1-27-20-10-11-21(28-15-16-6-5-9-19(23)12-16)18(13-20)14-24-25-22(26)17-7-3-2-4-8-17/h2-14H,15H2,1H3,(H,25,26). The van der Waals surface area contributed by atoms with Crippen LogP contribution in [0.15, 0.2) is 82.4 Å².